The van der Waals surface area contributed by atoms with Crippen molar-refractivity contribution in [2.75, 3.05) is 24.3 Å². The van der Waals surface area contributed by atoms with Crippen LogP contribution in [0.1, 0.15) is 0 Å². The third kappa shape index (κ3) is 3.01. The van der Waals surface area contributed by atoms with Crippen molar-refractivity contribution in [2.24, 2.45) is 0 Å². The second-order valence-corrected chi connectivity index (χ2v) is 3.99. The van der Waals surface area contributed by atoms with Gasteiger partial charge in [-0.1, -0.05) is 18.2 Å². The molecule has 1 aromatic carbocycles. The lowest BCUT2D eigenvalue weighted by Gasteiger charge is -2.15. The van der Waals surface area contributed by atoms with Gasteiger partial charge in [-0.25, -0.2) is 9.97 Å². The van der Waals surface area contributed by atoms with Gasteiger partial charge in [0.1, 0.15) is 0 Å². The van der Waals surface area contributed by atoms with Gasteiger partial charge in [0, 0.05) is 24.9 Å². The summed E-state index contributed by atoms with van der Waals surface area (Å²) >= 11 is 4.99. The fraction of sp³-hybridized carbons (Fsp3) is 0.182. The molecule has 0 radical (unpaired) electrons. The van der Waals surface area contributed by atoms with Gasteiger partial charge in [0.25, 0.3) is 0 Å². The molecule has 0 spiro atoms. The molecule has 1 heterocycles. The second kappa shape index (κ2) is 4.92. The van der Waals surface area contributed by atoms with Crippen molar-refractivity contribution in [3.05, 3.63) is 30.3 Å². The van der Waals surface area contributed by atoms with E-state index in [0.29, 0.717) is 11.9 Å². The second-order valence-electron chi connectivity index (χ2n) is 3.63. The molecule has 5 nitrogen and oxygen atoms in total. The first kappa shape index (κ1) is 11.5. The average Bonchev–Trinajstić information content (AvgIpc) is 2.29. The predicted molar refractivity (Wildman–Crippen MR) is 69.5 cm³/mol. The maximum atomic E-state index is 4.99. The summed E-state index contributed by atoms with van der Waals surface area (Å²) in [5.41, 5.74) is 0.915. The number of nitrogens with zero attached hydrogens (tertiary/aromatic N) is 4. The van der Waals surface area contributed by atoms with Gasteiger partial charge in [0.05, 0.1) is 0 Å². The Morgan fingerprint density at radius 3 is 2.41 bits per heavy atom. The largest absolute Gasteiger partial charge is 0.740 e. The SMILES string of the molecule is CN(C)c1nc([S-])nc(Nc2ccccc2)n1. The van der Waals surface area contributed by atoms with E-state index in [1.165, 1.54) is 0 Å². The van der Waals surface area contributed by atoms with Gasteiger partial charge in [0.15, 0.2) is 0 Å². The molecular formula is C11H12N5S-. The number of aromatic nitrogens is 3. The first-order valence-corrected chi connectivity index (χ1v) is 5.48. The minimum atomic E-state index is 0.280. The molecule has 1 aromatic heterocycles. The fourth-order valence-corrected chi connectivity index (χ4v) is 1.42. The maximum Gasteiger partial charge on any atom is 0.230 e. The van der Waals surface area contributed by atoms with Crippen LogP contribution in [0, 0.1) is 0 Å². The number of para-hydroxylation sites is 1. The van der Waals surface area contributed by atoms with Crippen LogP contribution in [0.15, 0.2) is 35.5 Å². The lowest BCUT2D eigenvalue weighted by molar-refractivity contribution is 0.876. The van der Waals surface area contributed by atoms with E-state index in [0.717, 1.165) is 5.69 Å². The molecule has 1 N–H and O–H groups in total. The van der Waals surface area contributed by atoms with E-state index in [2.05, 4.69) is 20.3 Å². The van der Waals surface area contributed by atoms with Gasteiger partial charge >= 0.3 is 0 Å². The lowest BCUT2D eigenvalue weighted by Crippen LogP contribution is -2.15. The molecule has 0 aliphatic heterocycles. The van der Waals surface area contributed by atoms with E-state index in [1.807, 2.05) is 44.4 Å². The van der Waals surface area contributed by atoms with E-state index in [1.54, 1.807) is 4.90 Å². The highest BCUT2D eigenvalue weighted by Crippen LogP contribution is 2.14. The molecule has 17 heavy (non-hydrogen) atoms. The highest BCUT2D eigenvalue weighted by Gasteiger charge is 2.03. The predicted octanol–water partition coefficient (Wildman–Crippen LogP) is 1.59. The Morgan fingerprint density at radius 2 is 1.76 bits per heavy atom. The summed E-state index contributed by atoms with van der Waals surface area (Å²) < 4.78 is 0. The summed E-state index contributed by atoms with van der Waals surface area (Å²) in [5.74, 6) is 1.00. The quantitative estimate of drug-likeness (QED) is 0.830. The zero-order valence-corrected chi connectivity index (χ0v) is 10.4. The molecule has 0 bridgehead atoms. The number of hydrogen-bond acceptors (Lipinski definition) is 6. The Morgan fingerprint density at radius 1 is 1.06 bits per heavy atom. The minimum Gasteiger partial charge on any atom is -0.740 e. The Balaban J connectivity index is 2.27. The molecule has 2 rings (SSSR count). The van der Waals surface area contributed by atoms with E-state index < -0.39 is 0 Å². The molecule has 0 fully saturated rings. The maximum absolute atomic E-state index is 4.99. The normalized spacial score (nSPS) is 10.0. The monoisotopic (exact) mass is 246 g/mol. The fourth-order valence-electron chi connectivity index (χ4n) is 1.25. The van der Waals surface area contributed by atoms with Gasteiger partial charge in [-0.15, -0.1) is 0 Å². The van der Waals surface area contributed by atoms with Crippen molar-refractivity contribution in [3.63, 3.8) is 0 Å². The molecule has 0 amide bonds. The molecule has 0 aliphatic carbocycles. The van der Waals surface area contributed by atoms with Gasteiger partial charge in [-0.3, -0.25) is 0 Å². The van der Waals surface area contributed by atoms with Gasteiger partial charge in [-0.2, -0.15) is 4.98 Å². The zero-order chi connectivity index (χ0) is 12.3. The van der Waals surface area contributed by atoms with E-state index in [4.69, 9.17) is 12.6 Å². The number of hydrogen-bond donors (Lipinski definition) is 1. The Bertz CT molecular complexity index is 500. The zero-order valence-electron chi connectivity index (χ0n) is 9.58. The number of rotatable bonds is 3. The van der Waals surface area contributed by atoms with Crippen LogP contribution in [0.4, 0.5) is 17.6 Å². The van der Waals surface area contributed by atoms with Gasteiger partial charge in [-0.05, 0) is 12.1 Å². The molecule has 0 atom stereocenters. The molecule has 0 saturated heterocycles. The van der Waals surface area contributed by atoms with Crippen LogP contribution >= 0.6 is 0 Å². The topological polar surface area (TPSA) is 53.9 Å². The molecule has 6 heteroatoms. The Labute approximate surface area is 105 Å². The number of nitrogens with one attached hydrogen (secondary N) is 1. The molecule has 0 saturated carbocycles. The smallest absolute Gasteiger partial charge is 0.230 e. The highest BCUT2D eigenvalue weighted by molar-refractivity contribution is 7.58. The van der Waals surface area contributed by atoms with Crippen molar-refractivity contribution >= 4 is 30.2 Å². The van der Waals surface area contributed by atoms with E-state index in [-0.39, 0.29) is 5.16 Å². The van der Waals surface area contributed by atoms with Crippen molar-refractivity contribution in [2.45, 2.75) is 5.16 Å². The van der Waals surface area contributed by atoms with Crippen LogP contribution in [0.3, 0.4) is 0 Å². The Hall–Kier alpha value is -1.95. The molecule has 88 valence electrons. The van der Waals surface area contributed by atoms with Gasteiger partial charge in [0.2, 0.25) is 11.9 Å². The Kier molecular flexibility index (Phi) is 3.34. The number of benzene rings is 1. The van der Waals surface area contributed by atoms with Crippen LogP contribution in [-0.2, 0) is 12.6 Å². The number of anilines is 3. The summed E-state index contributed by atoms with van der Waals surface area (Å²) in [7, 11) is 3.72. The third-order valence-corrected chi connectivity index (χ3v) is 2.22. The standard InChI is InChI=1S/C11H13N5S/c1-16(2)10-13-9(14-11(17)15-10)12-8-6-4-3-5-7-8/h3-7H,1-2H3,(H2,12,13,14,15,17)/p-1. The van der Waals surface area contributed by atoms with Crippen molar-refractivity contribution in [1.82, 2.24) is 15.0 Å². The third-order valence-electron chi connectivity index (χ3n) is 2.03. The summed E-state index contributed by atoms with van der Waals surface area (Å²) in [6.07, 6.45) is 0. The average molecular weight is 246 g/mol. The van der Waals surface area contributed by atoms with Crippen LogP contribution in [0.2, 0.25) is 0 Å². The first-order valence-electron chi connectivity index (χ1n) is 5.07. The molecule has 0 aliphatic rings. The summed E-state index contributed by atoms with van der Waals surface area (Å²) in [6.45, 7) is 0. The van der Waals surface area contributed by atoms with Crippen LogP contribution in [-0.4, -0.2) is 29.0 Å². The van der Waals surface area contributed by atoms with Crippen LogP contribution < -0.4 is 10.2 Å². The summed E-state index contributed by atoms with van der Waals surface area (Å²) in [5, 5.41) is 3.36. The van der Waals surface area contributed by atoms with Gasteiger partial charge < -0.3 is 22.8 Å². The lowest BCUT2D eigenvalue weighted by atomic mass is 10.3. The van der Waals surface area contributed by atoms with E-state index in [9.17, 15) is 0 Å². The van der Waals surface area contributed by atoms with Crippen molar-refractivity contribution in [1.29, 1.82) is 0 Å². The summed E-state index contributed by atoms with van der Waals surface area (Å²) in [6, 6.07) is 9.68. The highest BCUT2D eigenvalue weighted by atomic mass is 32.1. The first-order chi connectivity index (χ1) is 8.15. The van der Waals surface area contributed by atoms with Crippen molar-refractivity contribution < 1.29 is 0 Å². The summed E-state index contributed by atoms with van der Waals surface area (Å²) in [4.78, 5) is 14.2. The van der Waals surface area contributed by atoms with Crippen LogP contribution in [0.25, 0.3) is 0 Å². The van der Waals surface area contributed by atoms with Crippen LogP contribution in [0.5, 0.6) is 0 Å². The van der Waals surface area contributed by atoms with E-state index >= 15 is 0 Å². The van der Waals surface area contributed by atoms with Crippen molar-refractivity contribution in [3.8, 4) is 0 Å². The molecule has 0 unspecified atom stereocenters. The molecule has 2 aromatic rings. The molecular weight excluding hydrogens is 234 g/mol. The minimum absolute atomic E-state index is 0.280.